The first-order valence-electron chi connectivity index (χ1n) is 11.2. The number of ether oxygens (including phenoxy) is 2. The summed E-state index contributed by atoms with van der Waals surface area (Å²) in [6, 6.07) is 19.0. The van der Waals surface area contributed by atoms with Crippen molar-refractivity contribution < 1.29 is 14.1 Å². The van der Waals surface area contributed by atoms with Crippen LogP contribution in [0, 0.1) is 0 Å². The minimum Gasteiger partial charge on any atom is -0.489 e. The number of nitrogens with zero attached hydrogens (tertiary/aromatic N) is 4. The first-order valence-corrected chi connectivity index (χ1v) is 11.2. The van der Waals surface area contributed by atoms with Crippen molar-refractivity contribution in [3.8, 4) is 5.75 Å². The molecule has 3 aliphatic rings. The Bertz CT molecular complexity index is 1050. The fourth-order valence-corrected chi connectivity index (χ4v) is 4.79. The van der Waals surface area contributed by atoms with Crippen LogP contribution >= 0.6 is 0 Å². The summed E-state index contributed by atoms with van der Waals surface area (Å²) in [5, 5.41) is 2.45. The molecule has 2 aliphatic heterocycles. The van der Waals surface area contributed by atoms with Crippen LogP contribution in [0.15, 0.2) is 88.9 Å². The Balaban J connectivity index is 1.46. The zero-order valence-electron chi connectivity index (χ0n) is 18.4. The van der Waals surface area contributed by atoms with Gasteiger partial charge in [0, 0.05) is 13.2 Å². The average molecular weight is 430 g/mol. The Morgan fingerprint density at radius 1 is 1.00 bits per heavy atom. The van der Waals surface area contributed by atoms with E-state index >= 15 is 0 Å². The molecule has 0 saturated heterocycles. The molecule has 1 atom stereocenters. The lowest BCUT2D eigenvalue weighted by Crippen LogP contribution is -2.60. The largest absolute Gasteiger partial charge is 0.489 e. The standard InChI is InChI=1S/C26H29N4O2/c1-31-25-12-10-22(11-13-25)29(30-15-14-27-17-24(30)18-28-20-30)23-8-5-9-26(16-23)32-19-21-6-3-2-4-7-21/h2-9,14-18,20,22,25H,10-13,19H2,1H3/q+1. The van der Waals surface area contributed by atoms with E-state index in [1.807, 2.05) is 56.3 Å². The molecule has 5 rings (SSSR count). The monoisotopic (exact) mass is 429 g/mol. The third kappa shape index (κ3) is 3.99. The summed E-state index contributed by atoms with van der Waals surface area (Å²) in [6.07, 6.45) is 14.3. The number of hydrogen-bond donors (Lipinski definition) is 0. The van der Waals surface area contributed by atoms with Gasteiger partial charge in [-0.1, -0.05) is 36.4 Å². The van der Waals surface area contributed by atoms with E-state index in [-0.39, 0.29) is 0 Å². The summed E-state index contributed by atoms with van der Waals surface area (Å²) in [6.45, 7) is 0.544. The lowest BCUT2D eigenvalue weighted by molar-refractivity contribution is -0.746. The van der Waals surface area contributed by atoms with Crippen LogP contribution in [0.25, 0.3) is 0 Å². The van der Waals surface area contributed by atoms with Gasteiger partial charge in [-0.25, -0.2) is 10.0 Å². The lowest BCUT2D eigenvalue weighted by Gasteiger charge is -2.45. The Labute approximate surface area is 189 Å². The predicted octanol–water partition coefficient (Wildman–Crippen LogP) is 5.20. The number of allylic oxidation sites excluding steroid dienone is 1. The van der Waals surface area contributed by atoms with Crippen LogP contribution < -0.4 is 9.75 Å². The molecule has 6 nitrogen and oxygen atoms in total. The van der Waals surface area contributed by atoms with E-state index in [1.165, 1.54) is 0 Å². The van der Waals surface area contributed by atoms with Crippen molar-refractivity contribution in [1.29, 1.82) is 0 Å². The van der Waals surface area contributed by atoms with Crippen LogP contribution in [-0.4, -0.2) is 36.4 Å². The normalized spacial score (nSPS) is 26.0. The van der Waals surface area contributed by atoms with Crippen LogP contribution in [0.5, 0.6) is 5.75 Å². The molecule has 32 heavy (non-hydrogen) atoms. The summed E-state index contributed by atoms with van der Waals surface area (Å²) < 4.78 is 12.2. The number of anilines is 1. The highest BCUT2D eigenvalue weighted by Gasteiger charge is 2.45. The summed E-state index contributed by atoms with van der Waals surface area (Å²) >= 11 is 0. The second kappa shape index (κ2) is 9.10. The van der Waals surface area contributed by atoms with E-state index in [0.717, 1.165) is 48.4 Å². The van der Waals surface area contributed by atoms with Gasteiger partial charge in [0.25, 0.3) is 0 Å². The van der Waals surface area contributed by atoms with Gasteiger partial charge in [-0.15, -0.1) is 4.59 Å². The molecule has 1 unspecified atom stereocenters. The molecule has 0 N–H and O–H groups in total. The van der Waals surface area contributed by atoms with Gasteiger partial charge in [-0.3, -0.25) is 4.99 Å². The quantitative estimate of drug-likeness (QED) is 0.569. The van der Waals surface area contributed by atoms with E-state index in [4.69, 9.17) is 9.47 Å². The average Bonchev–Trinajstić information content (AvgIpc) is 3.29. The van der Waals surface area contributed by atoms with Crippen molar-refractivity contribution in [3.05, 3.63) is 84.5 Å². The van der Waals surface area contributed by atoms with Gasteiger partial charge in [-0.2, -0.15) is 0 Å². The first kappa shape index (κ1) is 20.7. The Hall–Kier alpha value is -3.22. The molecule has 2 heterocycles. The molecule has 1 fully saturated rings. The molecule has 0 aromatic heterocycles. The van der Waals surface area contributed by atoms with Crippen molar-refractivity contribution >= 4 is 18.2 Å². The number of quaternary nitrogens is 1. The van der Waals surface area contributed by atoms with Crippen LogP contribution in [0.3, 0.4) is 0 Å². The van der Waals surface area contributed by atoms with Gasteiger partial charge in [-0.05, 0) is 43.4 Å². The molecule has 2 aromatic carbocycles. The minimum absolute atomic E-state index is 0.342. The highest BCUT2D eigenvalue weighted by atomic mass is 16.5. The maximum absolute atomic E-state index is 6.15. The third-order valence-corrected chi connectivity index (χ3v) is 6.46. The van der Waals surface area contributed by atoms with Gasteiger partial charge in [0.05, 0.1) is 36.4 Å². The van der Waals surface area contributed by atoms with Crippen LogP contribution in [-0.2, 0) is 11.3 Å². The number of benzene rings is 2. The van der Waals surface area contributed by atoms with E-state index < -0.39 is 0 Å². The summed E-state index contributed by atoms with van der Waals surface area (Å²) in [7, 11) is 1.82. The molecule has 2 aromatic rings. The van der Waals surface area contributed by atoms with Crippen molar-refractivity contribution in [2.75, 3.05) is 12.1 Å². The lowest BCUT2D eigenvalue weighted by atomic mass is 9.92. The van der Waals surface area contributed by atoms with E-state index in [0.29, 0.717) is 23.3 Å². The number of fused-ring (bicyclic) bond motifs is 1. The van der Waals surface area contributed by atoms with E-state index in [9.17, 15) is 0 Å². The Kier molecular flexibility index (Phi) is 5.88. The number of rotatable bonds is 7. The van der Waals surface area contributed by atoms with Gasteiger partial charge >= 0.3 is 0 Å². The second-order valence-corrected chi connectivity index (χ2v) is 8.42. The van der Waals surface area contributed by atoms with Crippen molar-refractivity contribution in [2.45, 2.75) is 44.4 Å². The fraction of sp³-hybridized carbons (Fsp3) is 0.308. The van der Waals surface area contributed by atoms with Crippen molar-refractivity contribution in [1.82, 2.24) is 0 Å². The molecule has 1 aliphatic carbocycles. The number of methoxy groups -OCH3 is 1. The maximum Gasteiger partial charge on any atom is 0.225 e. The molecule has 6 heteroatoms. The molecule has 164 valence electrons. The first-order chi connectivity index (χ1) is 15.8. The van der Waals surface area contributed by atoms with Gasteiger partial charge < -0.3 is 9.47 Å². The Morgan fingerprint density at radius 3 is 2.66 bits per heavy atom. The van der Waals surface area contributed by atoms with E-state index in [1.54, 1.807) is 0 Å². The van der Waals surface area contributed by atoms with Gasteiger partial charge in [0.15, 0.2) is 6.20 Å². The molecule has 0 radical (unpaired) electrons. The molecular weight excluding hydrogens is 400 g/mol. The van der Waals surface area contributed by atoms with Crippen LogP contribution in [0.1, 0.15) is 31.2 Å². The van der Waals surface area contributed by atoms with Gasteiger partial charge in [0.1, 0.15) is 12.4 Å². The molecule has 0 amide bonds. The Morgan fingerprint density at radius 2 is 1.84 bits per heavy atom. The molecule has 0 spiro atoms. The zero-order chi connectivity index (χ0) is 21.8. The van der Waals surface area contributed by atoms with Gasteiger partial charge in [0.2, 0.25) is 12.0 Å². The highest BCUT2D eigenvalue weighted by molar-refractivity contribution is 5.82. The molecule has 1 saturated carbocycles. The molecular formula is C26H29N4O2+. The molecule has 0 bridgehead atoms. The second-order valence-electron chi connectivity index (χ2n) is 8.42. The maximum atomic E-state index is 6.15. The predicted molar refractivity (Wildman–Crippen MR) is 127 cm³/mol. The fourth-order valence-electron chi connectivity index (χ4n) is 4.79. The smallest absolute Gasteiger partial charge is 0.225 e. The van der Waals surface area contributed by atoms with Crippen molar-refractivity contribution in [2.24, 2.45) is 9.98 Å². The van der Waals surface area contributed by atoms with Crippen LogP contribution in [0.4, 0.5) is 5.69 Å². The van der Waals surface area contributed by atoms with E-state index in [2.05, 4.69) is 51.5 Å². The minimum atomic E-state index is 0.342. The summed E-state index contributed by atoms with van der Waals surface area (Å²) in [5.41, 5.74) is 3.30. The van der Waals surface area contributed by atoms with Crippen molar-refractivity contribution in [3.63, 3.8) is 0 Å². The summed E-state index contributed by atoms with van der Waals surface area (Å²) in [4.78, 5) is 8.87. The van der Waals surface area contributed by atoms with Crippen LogP contribution in [0.2, 0.25) is 0 Å². The number of hydrogen-bond acceptors (Lipinski definition) is 5. The zero-order valence-corrected chi connectivity index (χ0v) is 18.4. The number of aliphatic imine (C=N–C) groups is 2. The highest BCUT2D eigenvalue weighted by Crippen LogP contribution is 2.39. The topological polar surface area (TPSA) is 46.4 Å². The SMILES string of the molecule is COC1CCC(N(c2cccc(OCc3ccccc3)c2)[N+]23C=CN=CC2=CN=C3)CC1. The third-order valence-electron chi connectivity index (χ3n) is 6.46. The summed E-state index contributed by atoms with van der Waals surface area (Å²) in [5.74, 6) is 0.858.